The molecule has 1 heterocycles. The van der Waals surface area contributed by atoms with Gasteiger partial charge in [0.1, 0.15) is 12.1 Å². The van der Waals surface area contributed by atoms with Gasteiger partial charge in [0.2, 0.25) is 0 Å². The van der Waals surface area contributed by atoms with Crippen LogP contribution in [-0.2, 0) is 6.42 Å². The third-order valence-electron chi connectivity index (χ3n) is 3.00. The average Bonchev–Trinajstić information content (AvgIpc) is 2.36. The van der Waals surface area contributed by atoms with Crippen LogP contribution in [0, 0.1) is 0 Å². The highest BCUT2D eigenvalue weighted by atomic mass is 16.3. The van der Waals surface area contributed by atoms with Gasteiger partial charge in [-0.1, -0.05) is 20.8 Å². The number of hydrogen-bond acceptors (Lipinski definition) is 4. The molecule has 0 atom stereocenters. The van der Waals surface area contributed by atoms with Crippen molar-refractivity contribution in [3.05, 3.63) is 18.1 Å². The van der Waals surface area contributed by atoms with Crippen molar-refractivity contribution in [1.29, 1.82) is 0 Å². The molecule has 16 heavy (non-hydrogen) atoms. The Kier molecular flexibility index (Phi) is 4.68. The van der Waals surface area contributed by atoms with Crippen molar-refractivity contribution in [2.24, 2.45) is 0 Å². The predicted molar refractivity (Wildman–Crippen MR) is 65.4 cm³/mol. The fourth-order valence-corrected chi connectivity index (χ4v) is 1.44. The van der Waals surface area contributed by atoms with Crippen LogP contribution in [0.3, 0.4) is 0 Å². The maximum atomic E-state index is 10.1. The normalized spacial score (nSPS) is 11.5. The maximum absolute atomic E-state index is 10.1. The monoisotopic (exact) mass is 223 g/mol. The van der Waals surface area contributed by atoms with Crippen molar-refractivity contribution in [3.63, 3.8) is 0 Å². The minimum absolute atomic E-state index is 0.528. The first-order chi connectivity index (χ1) is 7.63. The molecule has 2 N–H and O–H groups in total. The van der Waals surface area contributed by atoms with Crippen LogP contribution >= 0.6 is 0 Å². The van der Waals surface area contributed by atoms with Crippen molar-refractivity contribution in [2.75, 3.05) is 11.9 Å². The summed E-state index contributed by atoms with van der Waals surface area (Å²) in [5.41, 5.74) is 0.367. The second-order valence-corrected chi connectivity index (χ2v) is 4.03. The molecule has 0 unspecified atom stereocenters. The molecule has 0 radical (unpaired) electrons. The summed E-state index contributed by atoms with van der Waals surface area (Å²) >= 11 is 0. The summed E-state index contributed by atoms with van der Waals surface area (Å²) in [5, 5.41) is 13.3. The van der Waals surface area contributed by atoms with Crippen molar-refractivity contribution in [1.82, 2.24) is 9.97 Å². The standard InChI is InChI=1S/C12H21N3O/c1-4-10-7-11(15-9-14-10)13-8-12(16,5-2)6-3/h7,9,16H,4-6,8H2,1-3H3,(H,13,14,15). The zero-order valence-electron chi connectivity index (χ0n) is 10.3. The van der Waals surface area contributed by atoms with Gasteiger partial charge in [0.15, 0.2) is 0 Å². The van der Waals surface area contributed by atoms with E-state index >= 15 is 0 Å². The maximum Gasteiger partial charge on any atom is 0.129 e. The molecule has 0 amide bonds. The third kappa shape index (κ3) is 3.45. The van der Waals surface area contributed by atoms with Crippen LogP contribution in [-0.4, -0.2) is 27.2 Å². The third-order valence-corrected chi connectivity index (χ3v) is 3.00. The molecule has 1 rings (SSSR count). The Morgan fingerprint density at radius 2 is 1.94 bits per heavy atom. The van der Waals surface area contributed by atoms with Gasteiger partial charge in [0.05, 0.1) is 5.60 Å². The van der Waals surface area contributed by atoms with E-state index in [1.165, 1.54) is 0 Å². The second-order valence-electron chi connectivity index (χ2n) is 4.03. The minimum atomic E-state index is -0.642. The molecule has 0 bridgehead atoms. The minimum Gasteiger partial charge on any atom is -0.388 e. The van der Waals surface area contributed by atoms with Gasteiger partial charge in [-0.25, -0.2) is 9.97 Å². The zero-order valence-corrected chi connectivity index (χ0v) is 10.3. The molecule has 0 aliphatic rings. The summed E-state index contributed by atoms with van der Waals surface area (Å²) in [4.78, 5) is 8.25. The summed E-state index contributed by atoms with van der Waals surface area (Å²) in [7, 11) is 0. The summed E-state index contributed by atoms with van der Waals surface area (Å²) in [5.74, 6) is 0.784. The van der Waals surface area contributed by atoms with Crippen LogP contribution in [0.2, 0.25) is 0 Å². The number of nitrogens with zero attached hydrogens (tertiary/aromatic N) is 2. The second kappa shape index (κ2) is 5.80. The Labute approximate surface area is 97.1 Å². The van der Waals surface area contributed by atoms with Gasteiger partial charge in [-0.05, 0) is 19.3 Å². The molecular formula is C12H21N3O. The van der Waals surface area contributed by atoms with Gasteiger partial charge >= 0.3 is 0 Å². The molecule has 90 valence electrons. The fraction of sp³-hybridized carbons (Fsp3) is 0.667. The Morgan fingerprint density at radius 1 is 1.25 bits per heavy atom. The lowest BCUT2D eigenvalue weighted by atomic mass is 9.98. The molecule has 4 heteroatoms. The van der Waals surface area contributed by atoms with Gasteiger partial charge in [-0.15, -0.1) is 0 Å². The van der Waals surface area contributed by atoms with Crippen molar-refractivity contribution in [3.8, 4) is 0 Å². The van der Waals surface area contributed by atoms with Gasteiger partial charge in [0.25, 0.3) is 0 Å². The van der Waals surface area contributed by atoms with Crippen molar-refractivity contribution < 1.29 is 5.11 Å². The number of rotatable bonds is 6. The Hall–Kier alpha value is -1.16. The van der Waals surface area contributed by atoms with E-state index in [2.05, 4.69) is 22.2 Å². The van der Waals surface area contributed by atoms with E-state index < -0.39 is 5.60 Å². The average molecular weight is 223 g/mol. The highest BCUT2D eigenvalue weighted by Crippen LogP contribution is 2.15. The lowest BCUT2D eigenvalue weighted by Crippen LogP contribution is -2.35. The summed E-state index contributed by atoms with van der Waals surface area (Å²) in [6, 6.07) is 1.92. The Bertz CT molecular complexity index is 324. The van der Waals surface area contributed by atoms with E-state index in [0.717, 1.165) is 30.8 Å². The van der Waals surface area contributed by atoms with Crippen LogP contribution < -0.4 is 5.32 Å². The molecule has 1 aromatic heterocycles. The number of aryl methyl sites for hydroxylation is 1. The number of aliphatic hydroxyl groups is 1. The van der Waals surface area contributed by atoms with Crippen LogP contribution in [0.25, 0.3) is 0 Å². The van der Waals surface area contributed by atoms with Crippen LogP contribution in [0.15, 0.2) is 12.4 Å². The Morgan fingerprint density at radius 3 is 2.50 bits per heavy atom. The molecule has 0 spiro atoms. The summed E-state index contributed by atoms with van der Waals surface area (Å²) < 4.78 is 0. The topological polar surface area (TPSA) is 58.0 Å². The van der Waals surface area contributed by atoms with Crippen LogP contribution in [0.1, 0.15) is 39.3 Å². The predicted octanol–water partition coefficient (Wildman–Crippen LogP) is 2.00. The van der Waals surface area contributed by atoms with Crippen LogP contribution in [0.4, 0.5) is 5.82 Å². The molecule has 4 nitrogen and oxygen atoms in total. The smallest absolute Gasteiger partial charge is 0.129 e. The van der Waals surface area contributed by atoms with Gasteiger partial charge in [0, 0.05) is 18.3 Å². The van der Waals surface area contributed by atoms with Gasteiger partial charge in [-0.2, -0.15) is 0 Å². The first kappa shape index (κ1) is 12.9. The molecule has 0 saturated heterocycles. The largest absolute Gasteiger partial charge is 0.388 e. The summed E-state index contributed by atoms with van der Waals surface area (Å²) in [6.45, 7) is 6.56. The lowest BCUT2D eigenvalue weighted by molar-refractivity contribution is 0.0456. The highest BCUT2D eigenvalue weighted by Gasteiger charge is 2.21. The highest BCUT2D eigenvalue weighted by molar-refractivity contribution is 5.35. The number of aromatic nitrogens is 2. The van der Waals surface area contributed by atoms with E-state index in [1.54, 1.807) is 6.33 Å². The fourth-order valence-electron chi connectivity index (χ4n) is 1.44. The van der Waals surface area contributed by atoms with Gasteiger partial charge in [-0.3, -0.25) is 0 Å². The SMILES string of the molecule is CCc1cc(NCC(O)(CC)CC)ncn1. The molecule has 0 fully saturated rings. The molecule has 0 aliphatic carbocycles. The molecule has 0 aromatic carbocycles. The van der Waals surface area contributed by atoms with Crippen molar-refractivity contribution in [2.45, 2.75) is 45.6 Å². The zero-order chi connectivity index (χ0) is 12.0. The van der Waals surface area contributed by atoms with Crippen molar-refractivity contribution >= 4 is 5.82 Å². The molecule has 0 saturated carbocycles. The van der Waals surface area contributed by atoms with E-state index in [1.807, 2.05) is 19.9 Å². The first-order valence-electron chi connectivity index (χ1n) is 5.90. The summed E-state index contributed by atoms with van der Waals surface area (Å²) in [6.07, 6.45) is 3.92. The molecule has 1 aromatic rings. The van der Waals surface area contributed by atoms with E-state index in [0.29, 0.717) is 6.54 Å². The number of hydrogen-bond donors (Lipinski definition) is 2. The lowest BCUT2D eigenvalue weighted by Gasteiger charge is -2.25. The van der Waals surface area contributed by atoms with E-state index in [9.17, 15) is 5.11 Å². The molecular weight excluding hydrogens is 202 g/mol. The van der Waals surface area contributed by atoms with Crippen LogP contribution in [0.5, 0.6) is 0 Å². The Balaban J connectivity index is 2.60. The number of nitrogens with one attached hydrogen (secondary N) is 1. The molecule has 0 aliphatic heterocycles. The van der Waals surface area contributed by atoms with E-state index in [-0.39, 0.29) is 0 Å². The van der Waals surface area contributed by atoms with Gasteiger partial charge < -0.3 is 10.4 Å². The van der Waals surface area contributed by atoms with E-state index in [4.69, 9.17) is 0 Å². The first-order valence-corrected chi connectivity index (χ1v) is 5.90. The quantitative estimate of drug-likeness (QED) is 0.774. The number of anilines is 1.